The van der Waals surface area contributed by atoms with E-state index < -0.39 is 0 Å². The first-order chi connectivity index (χ1) is 12.7. The molecule has 3 heterocycles. The number of benzene rings is 1. The van der Waals surface area contributed by atoms with Gasteiger partial charge in [0.05, 0.1) is 17.0 Å². The third kappa shape index (κ3) is 3.21. The number of pyridine rings is 1. The minimum atomic E-state index is -0.254. The Bertz CT molecular complexity index is 968. The van der Waals surface area contributed by atoms with Crippen molar-refractivity contribution >= 4 is 40.5 Å². The van der Waals surface area contributed by atoms with Crippen LogP contribution in [0.15, 0.2) is 82.2 Å². The maximum absolute atomic E-state index is 13.0. The number of carbonyl (C=O) groups excluding carboxylic acids is 2. The van der Waals surface area contributed by atoms with E-state index in [4.69, 9.17) is 0 Å². The molecule has 0 spiro atoms. The quantitative estimate of drug-likeness (QED) is 0.624. The van der Waals surface area contributed by atoms with Crippen molar-refractivity contribution in [1.82, 2.24) is 9.88 Å². The second-order valence-electron chi connectivity index (χ2n) is 5.65. The largest absolute Gasteiger partial charge is 0.269 e. The van der Waals surface area contributed by atoms with Crippen molar-refractivity contribution in [3.05, 3.63) is 87.7 Å². The number of imide groups is 1. The maximum atomic E-state index is 13.0. The fourth-order valence-electron chi connectivity index (χ4n) is 2.71. The zero-order chi connectivity index (χ0) is 17.9. The molecule has 0 unspecified atom stereocenters. The summed E-state index contributed by atoms with van der Waals surface area (Å²) in [6, 6.07) is 17.1. The number of amides is 2. The number of aromatic nitrogens is 1. The van der Waals surface area contributed by atoms with E-state index in [2.05, 4.69) is 4.98 Å². The number of rotatable bonds is 5. The van der Waals surface area contributed by atoms with E-state index in [1.54, 1.807) is 18.5 Å². The number of thioether (sulfide) groups is 1. The Morgan fingerprint density at radius 1 is 0.962 bits per heavy atom. The standard InChI is InChI=1S/C20H14N2O2S2/c23-19-17(16-9-5-11-25-16)18(26-15-7-2-1-3-8-15)20(24)22(19)13-14-6-4-10-21-12-14/h1-12H,13H2. The predicted molar refractivity (Wildman–Crippen MR) is 103 cm³/mol. The Labute approximate surface area is 159 Å². The molecule has 0 saturated heterocycles. The molecule has 26 heavy (non-hydrogen) atoms. The minimum Gasteiger partial charge on any atom is -0.269 e. The van der Waals surface area contributed by atoms with Crippen LogP contribution in [-0.2, 0) is 16.1 Å². The van der Waals surface area contributed by atoms with Gasteiger partial charge in [0.2, 0.25) is 0 Å². The summed E-state index contributed by atoms with van der Waals surface area (Å²) in [5, 5.41) is 1.91. The van der Waals surface area contributed by atoms with Gasteiger partial charge in [-0.3, -0.25) is 19.5 Å². The van der Waals surface area contributed by atoms with Crippen LogP contribution in [0.3, 0.4) is 0 Å². The lowest BCUT2D eigenvalue weighted by atomic mass is 10.2. The summed E-state index contributed by atoms with van der Waals surface area (Å²) < 4.78 is 0. The van der Waals surface area contributed by atoms with Crippen molar-refractivity contribution in [3.63, 3.8) is 0 Å². The molecule has 128 valence electrons. The topological polar surface area (TPSA) is 50.3 Å². The summed E-state index contributed by atoms with van der Waals surface area (Å²) in [7, 11) is 0. The highest BCUT2D eigenvalue weighted by molar-refractivity contribution is 8.04. The molecule has 4 nitrogen and oxygen atoms in total. The van der Waals surface area contributed by atoms with Gasteiger partial charge in [0.1, 0.15) is 0 Å². The Balaban J connectivity index is 1.71. The third-order valence-corrected chi connectivity index (χ3v) is 5.90. The number of nitrogens with zero attached hydrogens (tertiary/aromatic N) is 2. The Morgan fingerprint density at radius 2 is 1.81 bits per heavy atom. The Hall–Kier alpha value is -2.70. The highest BCUT2D eigenvalue weighted by Crippen LogP contribution is 2.41. The number of hydrogen-bond donors (Lipinski definition) is 0. The average Bonchev–Trinajstić information content (AvgIpc) is 3.27. The van der Waals surface area contributed by atoms with Crippen molar-refractivity contribution in [2.75, 3.05) is 0 Å². The van der Waals surface area contributed by atoms with E-state index in [1.165, 1.54) is 28.0 Å². The third-order valence-electron chi connectivity index (χ3n) is 3.92. The smallest absolute Gasteiger partial charge is 0.268 e. The van der Waals surface area contributed by atoms with Gasteiger partial charge in [-0.25, -0.2) is 0 Å². The molecule has 4 rings (SSSR count). The van der Waals surface area contributed by atoms with Crippen molar-refractivity contribution in [3.8, 4) is 0 Å². The van der Waals surface area contributed by atoms with Crippen LogP contribution in [0.4, 0.5) is 0 Å². The van der Waals surface area contributed by atoms with E-state index in [9.17, 15) is 9.59 Å². The molecular formula is C20H14N2O2S2. The normalized spacial score (nSPS) is 14.4. The summed E-state index contributed by atoms with van der Waals surface area (Å²) >= 11 is 2.81. The summed E-state index contributed by atoms with van der Waals surface area (Å²) in [6.45, 7) is 0.221. The molecular weight excluding hydrogens is 364 g/mol. The first kappa shape index (κ1) is 16.8. The van der Waals surface area contributed by atoms with Gasteiger partial charge < -0.3 is 0 Å². The van der Waals surface area contributed by atoms with Crippen LogP contribution in [-0.4, -0.2) is 21.7 Å². The SMILES string of the molecule is O=C1C(Sc2ccccc2)=C(c2cccs2)C(=O)N1Cc1cccnc1. The molecule has 0 atom stereocenters. The van der Waals surface area contributed by atoms with E-state index in [0.717, 1.165) is 15.3 Å². The lowest BCUT2D eigenvalue weighted by Crippen LogP contribution is -2.30. The average molecular weight is 378 g/mol. The molecule has 1 aliphatic rings. The van der Waals surface area contributed by atoms with Crippen molar-refractivity contribution in [2.45, 2.75) is 11.4 Å². The van der Waals surface area contributed by atoms with Gasteiger partial charge in [0, 0.05) is 22.2 Å². The minimum absolute atomic E-state index is 0.221. The van der Waals surface area contributed by atoms with Gasteiger partial charge in [0.15, 0.2) is 0 Å². The van der Waals surface area contributed by atoms with Crippen molar-refractivity contribution < 1.29 is 9.59 Å². The van der Waals surface area contributed by atoms with Gasteiger partial charge >= 0.3 is 0 Å². The molecule has 3 aromatic rings. The highest BCUT2D eigenvalue weighted by atomic mass is 32.2. The fraction of sp³-hybridized carbons (Fsp3) is 0.0500. The monoisotopic (exact) mass is 378 g/mol. The molecule has 6 heteroatoms. The van der Waals surface area contributed by atoms with E-state index in [-0.39, 0.29) is 18.4 Å². The van der Waals surface area contributed by atoms with Gasteiger partial charge in [-0.05, 0) is 35.2 Å². The van der Waals surface area contributed by atoms with E-state index in [1.807, 2.05) is 53.9 Å². The van der Waals surface area contributed by atoms with Crippen LogP contribution in [0.2, 0.25) is 0 Å². The first-order valence-electron chi connectivity index (χ1n) is 8.00. The molecule has 2 amide bonds. The lowest BCUT2D eigenvalue weighted by molar-refractivity contribution is -0.137. The molecule has 1 aliphatic heterocycles. The molecule has 0 fully saturated rings. The molecule has 2 aromatic heterocycles. The lowest BCUT2D eigenvalue weighted by Gasteiger charge is -2.14. The predicted octanol–water partition coefficient (Wildman–Crippen LogP) is 4.22. The number of hydrogen-bond acceptors (Lipinski definition) is 5. The summed E-state index contributed by atoms with van der Waals surface area (Å²) in [5.41, 5.74) is 1.31. The van der Waals surface area contributed by atoms with Crippen LogP contribution in [0.1, 0.15) is 10.4 Å². The van der Waals surface area contributed by atoms with Gasteiger partial charge in [-0.2, -0.15) is 0 Å². The van der Waals surface area contributed by atoms with Gasteiger partial charge in [0.25, 0.3) is 11.8 Å². The number of thiophene rings is 1. The fourth-order valence-corrected chi connectivity index (χ4v) is 4.57. The second kappa shape index (κ2) is 7.27. The highest BCUT2D eigenvalue weighted by Gasteiger charge is 2.39. The Kier molecular flexibility index (Phi) is 4.69. The van der Waals surface area contributed by atoms with Crippen LogP contribution in [0.25, 0.3) is 5.57 Å². The number of carbonyl (C=O) groups is 2. The van der Waals surface area contributed by atoms with Crippen molar-refractivity contribution in [1.29, 1.82) is 0 Å². The van der Waals surface area contributed by atoms with Crippen LogP contribution in [0, 0.1) is 0 Å². The summed E-state index contributed by atoms with van der Waals surface area (Å²) in [5.74, 6) is -0.504. The van der Waals surface area contributed by atoms with E-state index >= 15 is 0 Å². The van der Waals surface area contributed by atoms with Gasteiger partial charge in [-0.1, -0.05) is 42.1 Å². The van der Waals surface area contributed by atoms with E-state index in [0.29, 0.717) is 10.5 Å². The Morgan fingerprint density at radius 3 is 2.50 bits per heavy atom. The zero-order valence-corrected chi connectivity index (χ0v) is 15.3. The van der Waals surface area contributed by atoms with Crippen LogP contribution >= 0.6 is 23.1 Å². The molecule has 0 radical (unpaired) electrons. The summed E-state index contributed by atoms with van der Waals surface area (Å²) in [4.78, 5) is 33.7. The zero-order valence-electron chi connectivity index (χ0n) is 13.7. The molecule has 1 aromatic carbocycles. The molecule has 0 saturated carbocycles. The molecule has 0 aliphatic carbocycles. The molecule has 0 bridgehead atoms. The second-order valence-corrected chi connectivity index (χ2v) is 7.69. The van der Waals surface area contributed by atoms with Gasteiger partial charge in [-0.15, -0.1) is 11.3 Å². The summed E-state index contributed by atoms with van der Waals surface area (Å²) in [6.07, 6.45) is 3.34. The van der Waals surface area contributed by atoms with Crippen LogP contribution in [0.5, 0.6) is 0 Å². The van der Waals surface area contributed by atoms with Crippen molar-refractivity contribution in [2.24, 2.45) is 0 Å². The maximum Gasteiger partial charge on any atom is 0.268 e. The van der Waals surface area contributed by atoms with Crippen LogP contribution < -0.4 is 0 Å². The molecule has 0 N–H and O–H groups in total. The first-order valence-corrected chi connectivity index (χ1v) is 9.70.